The van der Waals surface area contributed by atoms with Crippen LogP contribution in [0.1, 0.15) is 25.7 Å². The molecule has 5 rings (SSSR count). The van der Waals surface area contributed by atoms with Crippen molar-refractivity contribution in [1.82, 2.24) is 21.1 Å². The van der Waals surface area contributed by atoms with Crippen LogP contribution in [0.4, 0.5) is 4.39 Å². The lowest BCUT2D eigenvalue weighted by molar-refractivity contribution is -0.129. The maximum absolute atomic E-state index is 13.5. The van der Waals surface area contributed by atoms with Crippen molar-refractivity contribution >= 4 is 23.4 Å². The molecule has 3 unspecified atom stereocenters. The first-order valence-electron chi connectivity index (χ1n) is 10.0. The van der Waals surface area contributed by atoms with Gasteiger partial charge in [0.05, 0.1) is 5.02 Å². The number of likely N-dealkylation sites (N-methyl/N-ethyl adjacent to an activating group) is 1. The predicted molar refractivity (Wildman–Crippen MR) is 106 cm³/mol. The van der Waals surface area contributed by atoms with Gasteiger partial charge in [0, 0.05) is 31.7 Å². The number of amides is 2. The zero-order chi connectivity index (χ0) is 20.5. The Morgan fingerprint density at radius 2 is 1.97 bits per heavy atom. The topological polar surface area (TPSA) is 82.7 Å². The molecule has 1 aromatic rings. The second-order valence-corrected chi connectivity index (χ2v) is 8.61. The highest BCUT2D eigenvalue weighted by Crippen LogP contribution is 2.45. The summed E-state index contributed by atoms with van der Waals surface area (Å²) in [5, 5.41) is 8.09. The van der Waals surface area contributed by atoms with E-state index in [1.807, 2.05) is 12.1 Å². The summed E-state index contributed by atoms with van der Waals surface area (Å²) in [7, 11) is 1.88. The molecule has 1 saturated heterocycles. The lowest BCUT2D eigenvalue weighted by Gasteiger charge is -2.51. The first-order chi connectivity index (χ1) is 13.9. The maximum Gasteiger partial charge on any atom is 0.258 e. The van der Waals surface area contributed by atoms with E-state index in [-0.39, 0.29) is 47.3 Å². The van der Waals surface area contributed by atoms with E-state index in [1.54, 1.807) is 0 Å². The molecule has 1 aliphatic heterocycles. The van der Waals surface area contributed by atoms with Gasteiger partial charge in [0.2, 0.25) is 5.91 Å². The summed E-state index contributed by atoms with van der Waals surface area (Å²) >= 11 is 5.65. The van der Waals surface area contributed by atoms with Crippen molar-refractivity contribution < 1.29 is 18.7 Å². The molecular weight excluding hydrogens is 399 g/mol. The highest BCUT2D eigenvalue weighted by molar-refractivity contribution is 6.30. The van der Waals surface area contributed by atoms with Crippen LogP contribution in [0.5, 0.6) is 5.75 Å². The summed E-state index contributed by atoms with van der Waals surface area (Å²) in [6.45, 7) is 0.615. The number of halogens is 2. The van der Waals surface area contributed by atoms with E-state index in [0.29, 0.717) is 11.8 Å². The highest BCUT2D eigenvalue weighted by atomic mass is 35.5. The fourth-order valence-electron chi connectivity index (χ4n) is 4.61. The van der Waals surface area contributed by atoms with E-state index < -0.39 is 5.82 Å². The molecule has 7 nitrogen and oxygen atoms in total. The minimum absolute atomic E-state index is 0.0104. The number of hydrogen-bond acceptors (Lipinski definition) is 5. The fourth-order valence-corrected chi connectivity index (χ4v) is 4.73. The van der Waals surface area contributed by atoms with Gasteiger partial charge in [-0.25, -0.2) is 9.40 Å². The van der Waals surface area contributed by atoms with Gasteiger partial charge in [-0.2, -0.15) is 0 Å². The smallest absolute Gasteiger partial charge is 0.258 e. The normalized spacial score (nSPS) is 31.1. The molecule has 3 aliphatic carbocycles. The van der Waals surface area contributed by atoms with Crippen LogP contribution in [0.25, 0.3) is 0 Å². The molecule has 0 spiro atoms. The Balaban J connectivity index is 1.27. The Bertz CT molecular complexity index is 789. The number of carbonyl (C=O) groups is 2. The summed E-state index contributed by atoms with van der Waals surface area (Å²) in [6, 6.07) is 4.03. The maximum atomic E-state index is 13.5. The molecule has 4 fully saturated rings. The number of fused-ring (bicyclic) bond motifs is 2. The quantitative estimate of drug-likeness (QED) is 0.644. The van der Waals surface area contributed by atoms with Gasteiger partial charge in [-0.15, -0.1) is 0 Å². The Morgan fingerprint density at radius 1 is 1.24 bits per heavy atom. The molecule has 1 heterocycles. The van der Waals surface area contributed by atoms with Gasteiger partial charge in [-0.3, -0.25) is 15.0 Å². The number of carbonyl (C=O) groups excluding carboxylic acids is 2. The third-order valence-corrected chi connectivity index (χ3v) is 6.65. The van der Waals surface area contributed by atoms with Crippen LogP contribution < -0.4 is 20.8 Å². The van der Waals surface area contributed by atoms with E-state index in [0.717, 1.165) is 38.3 Å². The van der Waals surface area contributed by atoms with Gasteiger partial charge in [0.25, 0.3) is 5.91 Å². The molecule has 1 aromatic carbocycles. The van der Waals surface area contributed by atoms with Gasteiger partial charge in [-0.1, -0.05) is 11.6 Å². The molecule has 9 heteroatoms. The molecule has 158 valence electrons. The van der Waals surface area contributed by atoms with Crippen LogP contribution in [0.15, 0.2) is 18.2 Å². The van der Waals surface area contributed by atoms with Crippen LogP contribution in [0.3, 0.4) is 0 Å². The van der Waals surface area contributed by atoms with Crippen LogP contribution in [-0.4, -0.2) is 55.1 Å². The number of hydrogen-bond donors (Lipinski definition) is 3. The molecule has 29 heavy (non-hydrogen) atoms. The van der Waals surface area contributed by atoms with Crippen LogP contribution in [0.2, 0.25) is 5.02 Å². The van der Waals surface area contributed by atoms with Gasteiger partial charge in [0.1, 0.15) is 17.6 Å². The number of nitrogens with one attached hydrogen (secondary N) is 3. The monoisotopic (exact) mass is 424 g/mol. The van der Waals surface area contributed by atoms with Crippen LogP contribution in [0, 0.1) is 17.7 Å². The van der Waals surface area contributed by atoms with Gasteiger partial charge in [-0.05, 0) is 49.7 Å². The molecule has 3 atom stereocenters. The van der Waals surface area contributed by atoms with Crippen molar-refractivity contribution in [2.75, 3.05) is 20.2 Å². The van der Waals surface area contributed by atoms with Gasteiger partial charge < -0.3 is 15.4 Å². The first kappa shape index (κ1) is 20.4. The molecule has 0 aromatic heterocycles. The Morgan fingerprint density at radius 3 is 2.62 bits per heavy atom. The molecular formula is C20H26ClFN4O3. The number of benzene rings is 1. The standard InChI is InChI=1S/C20H26ClFN4O3/c1-26-18(4-5-23-26)20(28)25-17-9-16(11-6-12(17)7-11)24-19(27)10-29-13-2-3-14(21)15(22)8-13/h2-3,8,11-12,16-18,23H,4-7,9-10H2,1H3,(H,24,27)(H,25,28). The van der Waals surface area contributed by atoms with Crippen molar-refractivity contribution in [2.45, 2.75) is 43.8 Å². The first-order valence-corrected chi connectivity index (χ1v) is 10.4. The molecule has 4 aliphatic rings. The van der Waals surface area contributed by atoms with E-state index >= 15 is 0 Å². The third-order valence-electron chi connectivity index (χ3n) is 6.34. The third kappa shape index (κ3) is 4.49. The van der Waals surface area contributed by atoms with Gasteiger partial charge in [0.15, 0.2) is 6.61 Å². The number of hydrazine groups is 1. The molecule has 2 amide bonds. The second kappa shape index (κ2) is 8.45. The minimum Gasteiger partial charge on any atom is -0.484 e. The summed E-state index contributed by atoms with van der Waals surface area (Å²) in [5.41, 5.74) is 3.15. The number of ether oxygens (including phenoxy) is 1. The average molecular weight is 425 g/mol. The zero-order valence-corrected chi connectivity index (χ0v) is 17.0. The van der Waals surface area contributed by atoms with E-state index in [2.05, 4.69) is 16.1 Å². The zero-order valence-electron chi connectivity index (χ0n) is 16.3. The fraction of sp³-hybridized carbons (Fsp3) is 0.600. The van der Waals surface area contributed by atoms with Crippen LogP contribution >= 0.6 is 11.6 Å². The van der Waals surface area contributed by atoms with Crippen molar-refractivity contribution in [3.8, 4) is 5.75 Å². The van der Waals surface area contributed by atoms with E-state index in [1.165, 1.54) is 12.1 Å². The average Bonchev–Trinajstić information content (AvgIpc) is 3.07. The number of nitrogens with zero attached hydrogens (tertiary/aromatic N) is 1. The highest BCUT2D eigenvalue weighted by Gasteiger charge is 2.47. The summed E-state index contributed by atoms with van der Waals surface area (Å²) in [4.78, 5) is 24.9. The minimum atomic E-state index is -0.584. The Hall–Kier alpha value is -1.90. The van der Waals surface area contributed by atoms with Crippen molar-refractivity contribution in [3.63, 3.8) is 0 Å². The predicted octanol–water partition coefficient (Wildman–Crippen LogP) is 1.47. The lowest BCUT2D eigenvalue weighted by Crippen LogP contribution is -2.61. The largest absolute Gasteiger partial charge is 0.484 e. The van der Waals surface area contributed by atoms with Crippen molar-refractivity contribution in [3.05, 3.63) is 29.0 Å². The molecule has 3 saturated carbocycles. The van der Waals surface area contributed by atoms with E-state index in [4.69, 9.17) is 16.3 Å². The summed E-state index contributed by atoms with van der Waals surface area (Å²) < 4.78 is 18.8. The second-order valence-electron chi connectivity index (χ2n) is 8.20. The molecule has 2 bridgehead atoms. The van der Waals surface area contributed by atoms with Crippen LogP contribution in [-0.2, 0) is 9.59 Å². The Kier molecular flexibility index (Phi) is 5.94. The van der Waals surface area contributed by atoms with Crippen molar-refractivity contribution in [1.29, 1.82) is 0 Å². The van der Waals surface area contributed by atoms with E-state index in [9.17, 15) is 14.0 Å². The number of rotatable bonds is 6. The SMILES string of the molecule is CN1NCCC1C(=O)NC1CC(NC(=O)COc2ccc(Cl)c(F)c2)C2CC1C2. The summed E-state index contributed by atoms with van der Waals surface area (Å²) in [5.74, 6) is 0.408. The molecule has 3 N–H and O–H groups in total. The lowest BCUT2D eigenvalue weighted by atomic mass is 9.60. The summed E-state index contributed by atoms with van der Waals surface area (Å²) in [6.07, 6.45) is 3.55. The molecule has 0 radical (unpaired) electrons. The Labute approximate surface area is 174 Å². The van der Waals surface area contributed by atoms with Crippen molar-refractivity contribution in [2.24, 2.45) is 11.8 Å². The van der Waals surface area contributed by atoms with Gasteiger partial charge >= 0.3 is 0 Å².